The monoisotopic (exact) mass is 397 g/mol. The van der Waals surface area contributed by atoms with Crippen LogP contribution >= 0.6 is 11.8 Å². The number of alkyl halides is 2. The maximum absolute atomic E-state index is 12.2. The molecule has 0 aromatic carbocycles. The third-order valence-corrected chi connectivity index (χ3v) is 5.11. The first-order chi connectivity index (χ1) is 13.2. The van der Waals surface area contributed by atoms with E-state index in [1.165, 1.54) is 0 Å². The summed E-state index contributed by atoms with van der Waals surface area (Å²) in [6, 6.07) is 5.44. The molecule has 1 saturated heterocycles. The van der Waals surface area contributed by atoms with E-state index in [1.54, 1.807) is 18.5 Å². The van der Waals surface area contributed by atoms with Gasteiger partial charge in [0.05, 0.1) is 12.3 Å². The van der Waals surface area contributed by atoms with Crippen LogP contribution < -0.4 is 10.2 Å². The average Bonchev–Trinajstić information content (AvgIpc) is 3.15. The number of nitrogens with zero attached hydrogens (tertiary/aromatic N) is 4. The van der Waals surface area contributed by atoms with Crippen molar-refractivity contribution in [2.24, 2.45) is 0 Å². The maximum Gasteiger partial charge on any atom is 0.284 e. The van der Waals surface area contributed by atoms with Crippen molar-refractivity contribution < 1.29 is 13.2 Å². The number of thioether (sulfide) groups is 1. The third kappa shape index (κ3) is 6.75. The van der Waals surface area contributed by atoms with Gasteiger partial charge in [-0.2, -0.15) is 8.78 Å². The molecule has 6 nitrogen and oxygen atoms in total. The van der Waals surface area contributed by atoms with Gasteiger partial charge >= 0.3 is 0 Å². The Balaban J connectivity index is 1.26. The molecule has 0 amide bonds. The van der Waals surface area contributed by atoms with Crippen molar-refractivity contribution in [1.82, 2.24) is 20.2 Å². The zero-order valence-electron chi connectivity index (χ0n) is 15.2. The van der Waals surface area contributed by atoms with Crippen LogP contribution in [0, 0.1) is 0 Å². The van der Waals surface area contributed by atoms with Gasteiger partial charge in [-0.15, -0.1) is 0 Å². The van der Waals surface area contributed by atoms with Gasteiger partial charge in [0, 0.05) is 38.6 Å². The molecule has 3 heterocycles. The Kier molecular flexibility index (Phi) is 7.85. The summed E-state index contributed by atoms with van der Waals surface area (Å²) in [5.41, 5.74) is 0. The first-order valence-electron chi connectivity index (χ1n) is 9.13. The second-order valence-corrected chi connectivity index (χ2v) is 7.33. The number of rotatable bonds is 10. The van der Waals surface area contributed by atoms with E-state index in [1.807, 2.05) is 12.1 Å². The summed E-state index contributed by atoms with van der Waals surface area (Å²) in [6.45, 7) is 6.49. The number of hydrogen-bond acceptors (Lipinski definition) is 7. The highest BCUT2D eigenvalue weighted by Gasteiger charge is 2.18. The Morgan fingerprint density at radius 3 is 2.59 bits per heavy atom. The second-order valence-electron chi connectivity index (χ2n) is 6.35. The number of furan rings is 1. The number of nitrogens with one attached hydrogen (secondary N) is 1. The largest absolute Gasteiger partial charge is 0.464 e. The standard InChI is InChI=1S/C18H25F2N5OS/c19-17(20)27-14-16-4-3-15(26-16)13-21-5-2-8-24-9-11-25(12-10-24)18-22-6-1-7-23-18/h1,3-4,6-7,17,21H,2,5,8-14H2. The highest BCUT2D eigenvalue weighted by Crippen LogP contribution is 2.21. The van der Waals surface area contributed by atoms with Crippen molar-refractivity contribution in [2.45, 2.75) is 24.5 Å². The van der Waals surface area contributed by atoms with Gasteiger partial charge in [-0.05, 0) is 37.7 Å². The van der Waals surface area contributed by atoms with Crippen molar-refractivity contribution in [3.05, 3.63) is 42.1 Å². The molecule has 1 aliphatic heterocycles. The molecule has 1 N–H and O–H groups in total. The molecule has 0 atom stereocenters. The van der Waals surface area contributed by atoms with Crippen LogP contribution in [0.4, 0.5) is 14.7 Å². The summed E-state index contributed by atoms with van der Waals surface area (Å²) in [5.74, 6) is 0.0357. The molecule has 0 bridgehead atoms. The number of halogens is 2. The summed E-state index contributed by atoms with van der Waals surface area (Å²) in [7, 11) is 0. The van der Waals surface area contributed by atoms with E-state index >= 15 is 0 Å². The topological polar surface area (TPSA) is 57.4 Å². The molecule has 0 unspecified atom stereocenters. The fourth-order valence-corrected chi connectivity index (χ4v) is 3.45. The molecular formula is C18H25F2N5OS. The van der Waals surface area contributed by atoms with Gasteiger partial charge in [0.2, 0.25) is 5.95 Å². The Morgan fingerprint density at radius 2 is 1.85 bits per heavy atom. The Morgan fingerprint density at radius 1 is 1.11 bits per heavy atom. The number of anilines is 1. The highest BCUT2D eigenvalue weighted by molar-refractivity contribution is 7.98. The molecule has 0 aliphatic carbocycles. The zero-order chi connectivity index (χ0) is 18.9. The van der Waals surface area contributed by atoms with Crippen LogP contribution in [-0.4, -0.2) is 59.9 Å². The zero-order valence-corrected chi connectivity index (χ0v) is 16.0. The van der Waals surface area contributed by atoms with E-state index in [0.717, 1.165) is 57.4 Å². The minimum Gasteiger partial charge on any atom is -0.464 e. The first-order valence-corrected chi connectivity index (χ1v) is 10.2. The molecule has 1 fully saturated rings. The van der Waals surface area contributed by atoms with E-state index in [4.69, 9.17) is 4.42 Å². The van der Waals surface area contributed by atoms with Gasteiger partial charge < -0.3 is 14.6 Å². The number of aromatic nitrogens is 2. The van der Waals surface area contributed by atoms with Gasteiger partial charge in [-0.3, -0.25) is 4.90 Å². The lowest BCUT2D eigenvalue weighted by molar-refractivity contribution is 0.251. The average molecular weight is 397 g/mol. The summed E-state index contributed by atoms with van der Waals surface area (Å²) in [5, 5.41) is 3.35. The van der Waals surface area contributed by atoms with Crippen LogP contribution in [0.2, 0.25) is 0 Å². The normalized spacial score (nSPS) is 15.6. The molecule has 27 heavy (non-hydrogen) atoms. The fourth-order valence-electron chi connectivity index (χ4n) is 3.01. The van der Waals surface area contributed by atoms with E-state index in [2.05, 4.69) is 25.1 Å². The first kappa shape index (κ1) is 20.0. The molecule has 1 aliphatic rings. The molecule has 0 spiro atoms. The van der Waals surface area contributed by atoms with Crippen molar-refractivity contribution in [3.8, 4) is 0 Å². The van der Waals surface area contributed by atoms with Gasteiger partial charge in [0.1, 0.15) is 11.5 Å². The van der Waals surface area contributed by atoms with E-state index < -0.39 is 5.76 Å². The van der Waals surface area contributed by atoms with Crippen LogP contribution in [0.25, 0.3) is 0 Å². The minimum atomic E-state index is -2.36. The molecule has 148 valence electrons. The molecule has 2 aromatic rings. The molecule has 2 aromatic heterocycles. The van der Waals surface area contributed by atoms with E-state index in [0.29, 0.717) is 24.1 Å². The predicted octanol–water partition coefficient (Wildman–Crippen LogP) is 2.83. The quantitative estimate of drug-likeness (QED) is 0.619. The number of piperazine rings is 1. The van der Waals surface area contributed by atoms with Crippen LogP contribution in [0.15, 0.2) is 35.0 Å². The number of hydrogen-bond donors (Lipinski definition) is 1. The van der Waals surface area contributed by atoms with Crippen molar-refractivity contribution >= 4 is 17.7 Å². The van der Waals surface area contributed by atoms with Crippen LogP contribution in [0.5, 0.6) is 0 Å². The maximum atomic E-state index is 12.2. The van der Waals surface area contributed by atoms with Gasteiger partial charge in [-0.1, -0.05) is 11.8 Å². The van der Waals surface area contributed by atoms with Crippen molar-refractivity contribution in [2.75, 3.05) is 44.2 Å². The summed E-state index contributed by atoms with van der Waals surface area (Å²) < 4.78 is 29.9. The Labute approximate surface area is 162 Å². The smallest absolute Gasteiger partial charge is 0.284 e. The van der Waals surface area contributed by atoms with Crippen molar-refractivity contribution in [1.29, 1.82) is 0 Å². The minimum absolute atomic E-state index is 0.206. The SMILES string of the molecule is FC(F)SCc1ccc(CNCCCN2CCN(c3ncccn3)CC2)o1. The van der Waals surface area contributed by atoms with Gasteiger partial charge in [0.15, 0.2) is 0 Å². The summed E-state index contributed by atoms with van der Waals surface area (Å²) >= 11 is 0.580. The van der Waals surface area contributed by atoms with Gasteiger partial charge in [0.25, 0.3) is 5.76 Å². The van der Waals surface area contributed by atoms with Crippen LogP contribution in [-0.2, 0) is 12.3 Å². The Hall–Kier alpha value is -1.71. The lowest BCUT2D eigenvalue weighted by atomic mass is 10.3. The lowest BCUT2D eigenvalue weighted by Gasteiger charge is -2.34. The Bertz CT molecular complexity index is 665. The molecule has 0 saturated carbocycles. The highest BCUT2D eigenvalue weighted by atomic mass is 32.2. The second kappa shape index (κ2) is 10.6. The van der Waals surface area contributed by atoms with Crippen LogP contribution in [0.3, 0.4) is 0 Å². The molecular weight excluding hydrogens is 372 g/mol. The summed E-state index contributed by atoms with van der Waals surface area (Å²) in [6.07, 6.45) is 4.61. The van der Waals surface area contributed by atoms with Crippen LogP contribution in [0.1, 0.15) is 17.9 Å². The van der Waals surface area contributed by atoms with Gasteiger partial charge in [-0.25, -0.2) is 9.97 Å². The molecule has 9 heteroatoms. The third-order valence-electron chi connectivity index (χ3n) is 4.40. The van der Waals surface area contributed by atoms with E-state index in [9.17, 15) is 8.78 Å². The lowest BCUT2D eigenvalue weighted by Crippen LogP contribution is -2.47. The fraction of sp³-hybridized carbons (Fsp3) is 0.556. The molecule has 0 radical (unpaired) electrons. The van der Waals surface area contributed by atoms with Crippen molar-refractivity contribution in [3.63, 3.8) is 0 Å². The molecule has 3 rings (SSSR count). The summed E-state index contributed by atoms with van der Waals surface area (Å²) in [4.78, 5) is 13.3. The van der Waals surface area contributed by atoms with E-state index in [-0.39, 0.29) is 5.75 Å². The predicted molar refractivity (Wildman–Crippen MR) is 103 cm³/mol.